The van der Waals surface area contributed by atoms with Crippen molar-refractivity contribution >= 4 is 27.5 Å². The van der Waals surface area contributed by atoms with E-state index in [4.69, 9.17) is 0 Å². The number of hydrogen-bond donors (Lipinski definition) is 3. The van der Waals surface area contributed by atoms with Gasteiger partial charge in [0.15, 0.2) is 6.54 Å². The zero-order valence-electron chi connectivity index (χ0n) is 14.6. The number of hydrogen-bond acceptors (Lipinski definition) is 1. The first kappa shape index (κ1) is 18.1. The van der Waals surface area contributed by atoms with Crippen molar-refractivity contribution in [1.82, 2.24) is 0 Å². The van der Waals surface area contributed by atoms with E-state index >= 15 is 0 Å². The number of benzene rings is 2. The minimum Gasteiger partial charge on any atom is -0.322 e. The van der Waals surface area contributed by atoms with Gasteiger partial charge in [0.2, 0.25) is 0 Å². The topological polar surface area (TPSA) is 38.0 Å². The summed E-state index contributed by atoms with van der Waals surface area (Å²) < 4.78 is 1.03. The molecule has 1 saturated heterocycles. The zero-order valence-corrected chi connectivity index (χ0v) is 16.2. The summed E-state index contributed by atoms with van der Waals surface area (Å²) in [4.78, 5) is 15.3. The molecule has 2 aromatic rings. The van der Waals surface area contributed by atoms with Gasteiger partial charge in [0.05, 0.1) is 0 Å². The highest BCUT2D eigenvalue weighted by Gasteiger charge is 2.24. The highest BCUT2D eigenvalue weighted by molar-refractivity contribution is 9.10. The molecule has 1 heterocycles. The molecule has 1 amide bonds. The highest BCUT2D eigenvalue weighted by atomic mass is 79.9. The monoisotopic (exact) mass is 403 g/mol. The molecule has 0 unspecified atom stereocenters. The minimum absolute atomic E-state index is 0.104. The Balaban J connectivity index is 1.44. The lowest BCUT2D eigenvalue weighted by Crippen LogP contribution is -3.28. The average Bonchev–Trinajstić information content (AvgIpc) is 2.60. The molecule has 0 saturated carbocycles. The van der Waals surface area contributed by atoms with E-state index in [1.54, 1.807) is 4.90 Å². The minimum atomic E-state index is 0.104. The first-order valence-corrected chi connectivity index (χ1v) is 9.66. The quantitative estimate of drug-likeness (QED) is 0.674. The Morgan fingerprint density at radius 1 is 1.04 bits per heavy atom. The maximum absolute atomic E-state index is 12.3. The van der Waals surface area contributed by atoms with Crippen molar-refractivity contribution in [3.63, 3.8) is 0 Å². The summed E-state index contributed by atoms with van der Waals surface area (Å²) in [5, 5.41) is 3.05. The van der Waals surface area contributed by atoms with Crippen LogP contribution in [0.2, 0.25) is 0 Å². The van der Waals surface area contributed by atoms with E-state index in [-0.39, 0.29) is 5.91 Å². The third-order valence-corrected chi connectivity index (χ3v) is 5.33. The lowest BCUT2D eigenvalue weighted by atomic mass is 10.2. The van der Waals surface area contributed by atoms with Gasteiger partial charge in [-0.1, -0.05) is 46.3 Å². The molecule has 0 aliphatic carbocycles. The van der Waals surface area contributed by atoms with Gasteiger partial charge < -0.3 is 15.1 Å². The molecule has 4 nitrogen and oxygen atoms in total. The number of amides is 1. The standard InChI is InChI=1S/C20H24BrN3O/c1-16-13-18(21)7-8-19(16)22-20(25)15-24-11-9-23(10-12-24)14-17-5-3-2-4-6-17/h2-8,13H,9-12,14-15H2,1H3,(H,22,25)/p+2. The summed E-state index contributed by atoms with van der Waals surface area (Å²) in [6.45, 7) is 7.99. The van der Waals surface area contributed by atoms with Crippen LogP contribution in [0.4, 0.5) is 5.69 Å². The molecule has 0 radical (unpaired) electrons. The molecule has 1 fully saturated rings. The maximum Gasteiger partial charge on any atom is 0.279 e. The normalized spacial score (nSPS) is 20.2. The second-order valence-electron chi connectivity index (χ2n) is 6.85. The summed E-state index contributed by atoms with van der Waals surface area (Å²) in [7, 11) is 0. The smallest absolute Gasteiger partial charge is 0.279 e. The number of rotatable bonds is 5. The van der Waals surface area contributed by atoms with Crippen LogP contribution >= 0.6 is 15.9 Å². The van der Waals surface area contributed by atoms with E-state index in [1.165, 1.54) is 10.5 Å². The van der Waals surface area contributed by atoms with Crippen molar-refractivity contribution in [3.05, 3.63) is 64.1 Å². The first-order valence-electron chi connectivity index (χ1n) is 8.87. The number of anilines is 1. The Morgan fingerprint density at radius 3 is 2.40 bits per heavy atom. The molecule has 132 valence electrons. The number of quaternary nitrogens is 2. The number of nitrogens with one attached hydrogen (secondary N) is 3. The number of halogens is 1. The molecular formula is C20H26BrN3O+2. The van der Waals surface area contributed by atoms with Gasteiger partial charge in [0.1, 0.15) is 32.7 Å². The Morgan fingerprint density at radius 2 is 1.72 bits per heavy atom. The molecule has 1 aliphatic rings. The molecule has 3 rings (SSSR count). The second-order valence-corrected chi connectivity index (χ2v) is 7.76. The molecule has 0 bridgehead atoms. The number of carbonyl (C=O) groups excluding carboxylic acids is 1. The molecule has 3 N–H and O–H groups in total. The van der Waals surface area contributed by atoms with Crippen LogP contribution in [0.5, 0.6) is 0 Å². The summed E-state index contributed by atoms with van der Waals surface area (Å²) >= 11 is 3.45. The summed E-state index contributed by atoms with van der Waals surface area (Å²) in [5.74, 6) is 0.104. The predicted molar refractivity (Wildman–Crippen MR) is 104 cm³/mol. The van der Waals surface area contributed by atoms with E-state index in [9.17, 15) is 4.79 Å². The van der Waals surface area contributed by atoms with Gasteiger partial charge in [-0.25, -0.2) is 0 Å². The fraction of sp³-hybridized carbons (Fsp3) is 0.350. The molecule has 1 aliphatic heterocycles. The van der Waals surface area contributed by atoms with Crippen molar-refractivity contribution < 1.29 is 14.6 Å². The first-order chi connectivity index (χ1) is 12.1. The Labute approximate surface area is 158 Å². The van der Waals surface area contributed by atoms with Gasteiger partial charge in [0.25, 0.3) is 5.91 Å². The Kier molecular flexibility index (Phi) is 6.24. The third kappa shape index (κ3) is 5.39. The van der Waals surface area contributed by atoms with E-state index in [0.29, 0.717) is 6.54 Å². The number of carbonyl (C=O) groups is 1. The lowest BCUT2D eigenvalue weighted by molar-refractivity contribution is -1.02. The van der Waals surface area contributed by atoms with Crippen molar-refractivity contribution in [3.8, 4) is 0 Å². The third-order valence-electron chi connectivity index (χ3n) is 4.83. The van der Waals surface area contributed by atoms with Crippen molar-refractivity contribution in [2.75, 3.05) is 38.0 Å². The van der Waals surface area contributed by atoms with Crippen molar-refractivity contribution in [1.29, 1.82) is 0 Å². The SMILES string of the molecule is Cc1cc(Br)ccc1NC(=O)C[NH+]1CC[NH+](Cc2ccccc2)CC1. The Hall–Kier alpha value is -1.69. The molecule has 5 heteroatoms. The summed E-state index contributed by atoms with van der Waals surface area (Å²) in [6, 6.07) is 16.6. The number of aryl methyl sites for hydroxylation is 1. The molecule has 0 atom stereocenters. The number of piperazine rings is 1. The lowest BCUT2D eigenvalue weighted by Gasteiger charge is -2.29. The van der Waals surface area contributed by atoms with Crippen molar-refractivity contribution in [2.24, 2.45) is 0 Å². The zero-order chi connectivity index (χ0) is 17.6. The van der Waals surface area contributed by atoms with Crippen LogP contribution in [-0.2, 0) is 11.3 Å². The highest BCUT2D eigenvalue weighted by Crippen LogP contribution is 2.19. The summed E-state index contributed by atoms with van der Waals surface area (Å²) in [6.07, 6.45) is 0. The van der Waals surface area contributed by atoms with Crippen LogP contribution in [0.3, 0.4) is 0 Å². The van der Waals surface area contributed by atoms with Gasteiger partial charge in [-0.15, -0.1) is 0 Å². The largest absolute Gasteiger partial charge is 0.322 e. The van der Waals surface area contributed by atoms with Gasteiger partial charge >= 0.3 is 0 Å². The molecule has 2 aromatic carbocycles. The van der Waals surface area contributed by atoms with Gasteiger partial charge in [-0.2, -0.15) is 0 Å². The van der Waals surface area contributed by atoms with Crippen LogP contribution in [0, 0.1) is 6.92 Å². The van der Waals surface area contributed by atoms with Crippen molar-refractivity contribution in [2.45, 2.75) is 13.5 Å². The van der Waals surface area contributed by atoms with Crippen LogP contribution in [0.1, 0.15) is 11.1 Å². The van der Waals surface area contributed by atoms with Crippen LogP contribution < -0.4 is 15.1 Å². The van der Waals surface area contributed by atoms with Gasteiger partial charge in [-0.05, 0) is 30.7 Å². The molecule has 25 heavy (non-hydrogen) atoms. The van der Waals surface area contributed by atoms with E-state index in [1.807, 2.05) is 25.1 Å². The summed E-state index contributed by atoms with van der Waals surface area (Å²) in [5.41, 5.74) is 3.38. The van der Waals surface area contributed by atoms with Crippen LogP contribution in [0.15, 0.2) is 53.0 Å². The maximum atomic E-state index is 12.3. The molecular weight excluding hydrogens is 378 g/mol. The molecule has 0 spiro atoms. The van der Waals surface area contributed by atoms with Crippen LogP contribution in [-0.4, -0.2) is 38.6 Å². The fourth-order valence-electron chi connectivity index (χ4n) is 3.38. The fourth-order valence-corrected chi connectivity index (χ4v) is 3.86. The Bertz CT molecular complexity index is 712. The average molecular weight is 404 g/mol. The van der Waals surface area contributed by atoms with Crippen LogP contribution in [0.25, 0.3) is 0 Å². The van der Waals surface area contributed by atoms with Gasteiger partial charge in [-0.3, -0.25) is 4.79 Å². The van der Waals surface area contributed by atoms with E-state index < -0.39 is 0 Å². The molecule has 0 aromatic heterocycles. The van der Waals surface area contributed by atoms with E-state index in [2.05, 4.69) is 51.6 Å². The second kappa shape index (κ2) is 8.61. The predicted octanol–water partition coefficient (Wildman–Crippen LogP) is 0.680. The van der Waals surface area contributed by atoms with Gasteiger partial charge in [0, 0.05) is 15.7 Å². The van der Waals surface area contributed by atoms with E-state index in [0.717, 1.165) is 48.4 Å².